The molecule has 0 saturated heterocycles. The number of rotatable bonds is 4. The molecule has 114 valence electrons. The molecule has 5 nitrogen and oxygen atoms in total. The van der Waals surface area contributed by atoms with Crippen LogP contribution < -0.4 is 5.32 Å². The molecular formula is C14H17BrN2O3S. The van der Waals surface area contributed by atoms with E-state index in [2.05, 4.69) is 21.2 Å². The Labute approximate surface area is 136 Å². The Hall–Kier alpha value is -1.34. The maximum atomic E-state index is 12.3. The highest BCUT2D eigenvalue weighted by Crippen LogP contribution is 2.36. The zero-order valence-corrected chi connectivity index (χ0v) is 14.5. The van der Waals surface area contributed by atoms with Crippen LogP contribution >= 0.6 is 27.3 Å². The van der Waals surface area contributed by atoms with E-state index in [1.807, 2.05) is 19.1 Å². The lowest BCUT2D eigenvalue weighted by molar-refractivity contribution is -0.136. The number of hydrogen-bond donors (Lipinski definition) is 1. The molecule has 1 aliphatic heterocycles. The van der Waals surface area contributed by atoms with E-state index < -0.39 is 12.0 Å². The molecule has 1 aromatic rings. The number of nitrogens with one attached hydrogen (secondary N) is 1. The van der Waals surface area contributed by atoms with Crippen LogP contribution in [0.1, 0.15) is 31.2 Å². The van der Waals surface area contributed by atoms with Crippen molar-refractivity contribution < 1.29 is 14.3 Å². The van der Waals surface area contributed by atoms with Crippen molar-refractivity contribution in [1.29, 1.82) is 0 Å². The first-order chi connectivity index (χ1) is 9.99. The minimum atomic E-state index is -0.464. The second kappa shape index (κ2) is 6.62. The van der Waals surface area contributed by atoms with E-state index in [0.717, 1.165) is 15.1 Å². The monoisotopic (exact) mass is 372 g/mol. The zero-order valence-electron chi connectivity index (χ0n) is 12.1. The Morgan fingerprint density at radius 1 is 1.52 bits per heavy atom. The molecule has 0 aliphatic carbocycles. The molecule has 21 heavy (non-hydrogen) atoms. The fourth-order valence-corrected chi connectivity index (χ4v) is 3.83. The van der Waals surface area contributed by atoms with Gasteiger partial charge in [0.1, 0.15) is 0 Å². The molecule has 0 fully saturated rings. The quantitative estimate of drug-likeness (QED) is 0.823. The number of thiophene rings is 1. The number of urea groups is 1. The number of ether oxygens (including phenoxy) is 1. The Balaban J connectivity index is 2.49. The fourth-order valence-electron chi connectivity index (χ4n) is 2.35. The van der Waals surface area contributed by atoms with Crippen molar-refractivity contribution in [3.05, 3.63) is 32.1 Å². The van der Waals surface area contributed by atoms with Crippen LogP contribution in [0.3, 0.4) is 0 Å². The highest BCUT2D eigenvalue weighted by Gasteiger charge is 2.36. The van der Waals surface area contributed by atoms with Crippen molar-refractivity contribution in [3.8, 4) is 0 Å². The molecule has 1 aliphatic rings. The Bertz CT molecular complexity index is 597. The van der Waals surface area contributed by atoms with Crippen LogP contribution in [0.5, 0.6) is 0 Å². The van der Waals surface area contributed by atoms with Crippen LogP contribution in [0.2, 0.25) is 0 Å². The molecule has 2 rings (SSSR count). The molecule has 0 spiro atoms. The van der Waals surface area contributed by atoms with E-state index in [1.54, 1.807) is 11.8 Å². The van der Waals surface area contributed by atoms with Gasteiger partial charge in [0.2, 0.25) is 0 Å². The fraction of sp³-hybridized carbons (Fsp3) is 0.429. The minimum Gasteiger partial charge on any atom is -0.466 e. The van der Waals surface area contributed by atoms with Crippen molar-refractivity contribution in [2.75, 3.05) is 13.7 Å². The summed E-state index contributed by atoms with van der Waals surface area (Å²) in [5.74, 6) is -0.414. The van der Waals surface area contributed by atoms with Gasteiger partial charge in [-0.05, 0) is 41.4 Å². The molecule has 1 N–H and O–H groups in total. The molecule has 0 saturated carbocycles. The molecular weight excluding hydrogens is 356 g/mol. The number of nitrogens with zero attached hydrogens (tertiary/aromatic N) is 1. The Morgan fingerprint density at radius 3 is 2.76 bits per heavy atom. The van der Waals surface area contributed by atoms with E-state index in [9.17, 15) is 9.59 Å². The first kappa shape index (κ1) is 16.0. The summed E-state index contributed by atoms with van der Waals surface area (Å²) in [6, 6.07) is 3.14. The number of carbonyl (C=O) groups is 2. The van der Waals surface area contributed by atoms with Gasteiger partial charge < -0.3 is 10.1 Å². The van der Waals surface area contributed by atoms with Gasteiger partial charge >= 0.3 is 12.0 Å². The minimum absolute atomic E-state index is 0.184. The van der Waals surface area contributed by atoms with E-state index in [0.29, 0.717) is 17.8 Å². The molecule has 2 amide bonds. The van der Waals surface area contributed by atoms with Gasteiger partial charge in [-0.3, -0.25) is 4.90 Å². The van der Waals surface area contributed by atoms with Gasteiger partial charge in [0.15, 0.2) is 0 Å². The number of methoxy groups -OCH3 is 1. The van der Waals surface area contributed by atoms with Crippen molar-refractivity contribution in [2.24, 2.45) is 0 Å². The van der Waals surface area contributed by atoms with Gasteiger partial charge in [0.05, 0.1) is 22.5 Å². The van der Waals surface area contributed by atoms with Crippen LogP contribution in [-0.2, 0) is 9.53 Å². The highest BCUT2D eigenvalue weighted by molar-refractivity contribution is 9.11. The Kier molecular flexibility index (Phi) is 5.05. The number of esters is 1. The van der Waals surface area contributed by atoms with Gasteiger partial charge in [-0.1, -0.05) is 6.92 Å². The number of allylic oxidation sites excluding steroid dienone is 1. The van der Waals surface area contributed by atoms with E-state index >= 15 is 0 Å². The normalized spacial score (nSPS) is 18.8. The largest absolute Gasteiger partial charge is 0.466 e. The lowest BCUT2D eigenvalue weighted by Gasteiger charge is -2.34. The second-order valence-corrected chi connectivity index (χ2v) is 7.16. The summed E-state index contributed by atoms with van der Waals surface area (Å²) in [4.78, 5) is 26.9. The van der Waals surface area contributed by atoms with Gasteiger partial charge in [-0.25, -0.2) is 9.59 Å². The maximum absolute atomic E-state index is 12.3. The third-order valence-electron chi connectivity index (χ3n) is 3.33. The molecule has 7 heteroatoms. The molecule has 0 bridgehead atoms. The third kappa shape index (κ3) is 3.13. The highest BCUT2D eigenvalue weighted by atomic mass is 79.9. The zero-order chi connectivity index (χ0) is 15.6. The summed E-state index contributed by atoms with van der Waals surface area (Å²) >= 11 is 4.89. The van der Waals surface area contributed by atoms with Crippen LogP contribution in [0.15, 0.2) is 27.2 Å². The predicted molar refractivity (Wildman–Crippen MR) is 85.0 cm³/mol. The van der Waals surface area contributed by atoms with Gasteiger partial charge in [-0.2, -0.15) is 0 Å². The van der Waals surface area contributed by atoms with Gasteiger partial charge in [-0.15, -0.1) is 11.3 Å². The summed E-state index contributed by atoms with van der Waals surface area (Å²) < 4.78 is 5.85. The van der Waals surface area contributed by atoms with Crippen LogP contribution in [0.4, 0.5) is 4.79 Å². The summed E-state index contributed by atoms with van der Waals surface area (Å²) in [6.45, 7) is 4.34. The Morgan fingerprint density at radius 2 is 2.24 bits per heavy atom. The lowest BCUT2D eigenvalue weighted by Crippen LogP contribution is -2.48. The first-order valence-corrected chi connectivity index (χ1v) is 8.22. The number of hydrogen-bond acceptors (Lipinski definition) is 4. The number of amides is 2. The molecule has 1 atom stereocenters. The summed E-state index contributed by atoms with van der Waals surface area (Å²) in [5.41, 5.74) is 1.14. The molecule has 1 aromatic heterocycles. The van der Waals surface area contributed by atoms with E-state index in [4.69, 9.17) is 4.74 Å². The topological polar surface area (TPSA) is 58.6 Å². The maximum Gasteiger partial charge on any atom is 0.338 e. The third-order valence-corrected chi connectivity index (χ3v) is 5.02. The number of halogens is 1. The van der Waals surface area contributed by atoms with E-state index in [-0.39, 0.29) is 6.03 Å². The average Bonchev–Trinajstić information content (AvgIpc) is 2.88. The smallest absolute Gasteiger partial charge is 0.338 e. The van der Waals surface area contributed by atoms with Crippen molar-refractivity contribution >= 4 is 39.3 Å². The summed E-state index contributed by atoms with van der Waals surface area (Å²) in [5, 5.41) is 2.89. The molecule has 2 heterocycles. The molecule has 0 radical (unpaired) electrons. The average molecular weight is 373 g/mol. The van der Waals surface area contributed by atoms with E-state index in [1.165, 1.54) is 18.4 Å². The second-order valence-electron chi connectivity index (χ2n) is 4.67. The van der Waals surface area contributed by atoms with Gasteiger partial charge in [0, 0.05) is 17.1 Å². The van der Waals surface area contributed by atoms with Crippen molar-refractivity contribution in [3.63, 3.8) is 0 Å². The first-order valence-electron chi connectivity index (χ1n) is 6.62. The van der Waals surface area contributed by atoms with Gasteiger partial charge in [0.25, 0.3) is 0 Å². The molecule has 0 aromatic carbocycles. The summed E-state index contributed by atoms with van der Waals surface area (Å²) in [7, 11) is 1.35. The standard InChI is InChI=1S/C14H17BrN2O3S/c1-4-7-17-8(2)11(13(18)20-3)12(16-14(17)19)9-5-6-10(15)21-9/h5-6,12H,4,7H2,1-3H3,(H,16,19)/t12-/m1/s1. The predicted octanol–water partition coefficient (Wildman–Crippen LogP) is 3.43. The van der Waals surface area contributed by atoms with Crippen LogP contribution in [-0.4, -0.2) is 30.6 Å². The van der Waals surface area contributed by atoms with Crippen molar-refractivity contribution in [1.82, 2.24) is 10.2 Å². The lowest BCUT2D eigenvalue weighted by atomic mass is 10.0. The van der Waals surface area contributed by atoms with Crippen LogP contribution in [0, 0.1) is 0 Å². The summed E-state index contributed by atoms with van der Waals surface area (Å²) in [6.07, 6.45) is 0.814. The van der Waals surface area contributed by atoms with Crippen LogP contribution in [0.25, 0.3) is 0 Å². The van der Waals surface area contributed by atoms with Crippen molar-refractivity contribution in [2.45, 2.75) is 26.3 Å². The number of carbonyl (C=O) groups excluding carboxylic acids is 2. The SMILES string of the molecule is CCCN1C(=O)N[C@H](c2ccc(Br)s2)C(C(=O)OC)=C1C. The molecule has 0 unspecified atom stereocenters.